The van der Waals surface area contributed by atoms with Crippen LogP contribution in [0.3, 0.4) is 0 Å². The number of nitrogens with zero attached hydrogens (tertiary/aromatic N) is 4. The van der Waals surface area contributed by atoms with Gasteiger partial charge in [-0.1, -0.05) is 113 Å². The van der Waals surface area contributed by atoms with Gasteiger partial charge in [0.1, 0.15) is 23.3 Å². The molecule has 0 aliphatic carbocycles. The summed E-state index contributed by atoms with van der Waals surface area (Å²) in [5, 5.41) is 5.15. The van der Waals surface area contributed by atoms with Crippen LogP contribution in [0.2, 0.25) is 0 Å². The Hall–Kier alpha value is -8.88. The van der Waals surface area contributed by atoms with Crippen molar-refractivity contribution in [3.8, 4) is 0 Å². The monoisotopic (exact) mass is 1120 g/mol. The number of rotatable bonds is 18. The summed E-state index contributed by atoms with van der Waals surface area (Å²) in [4.78, 5) is 116. The van der Waals surface area contributed by atoms with Crippen molar-refractivity contribution in [3.05, 3.63) is 191 Å². The molecule has 16 nitrogen and oxygen atoms in total. The van der Waals surface area contributed by atoms with Crippen molar-refractivity contribution >= 4 is 69.8 Å². The van der Waals surface area contributed by atoms with E-state index in [1.807, 2.05) is 27.7 Å². The molecule has 6 N–H and O–H groups in total. The first-order chi connectivity index (χ1) is 38.8. The van der Waals surface area contributed by atoms with Crippen LogP contribution in [0.1, 0.15) is 49.9 Å². The molecule has 2 aliphatic rings. The number of halogens is 4. The van der Waals surface area contributed by atoms with Crippen LogP contribution in [-0.4, -0.2) is 97.4 Å². The molecule has 0 spiro atoms. The maximum absolute atomic E-state index is 14.6. The minimum Gasteiger partial charge on any atom is -0.346 e. The van der Waals surface area contributed by atoms with Crippen LogP contribution in [-0.2, 0) is 64.0 Å². The molecule has 0 saturated carbocycles. The molecule has 2 heterocycles. The number of likely N-dealkylation sites (N-methyl/N-ethyl adjacent to an activating group) is 2. The number of benzene rings is 6. The molecular weight excluding hydrogens is 1060 g/mol. The van der Waals surface area contributed by atoms with Crippen LogP contribution in [0.25, 0.3) is 0 Å². The van der Waals surface area contributed by atoms with E-state index in [0.717, 1.165) is 34.1 Å². The molecule has 0 saturated heterocycles. The molecule has 0 aromatic heterocycles. The van der Waals surface area contributed by atoms with E-state index in [4.69, 9.17) is 11.5 Å². The Labute approximate surface area is 472 Å². The van der Waals surface area contributed by atoms with Gasteiger partial charge in [-0.15, -0.1) is 0 Å². The predicted octanol–water partition coefficient (Wildman–Crippen LogP) is 6.33. The largest absolute Gasteiger partial charge is 0.346 e. The average Bonchev–Trinajstić information content (AvgIpc) is 3.47. The van der Waals surface area contributed by atoms with Crippen molar-refractivity contribution in [2.75, 3.05) is 46.8 Å². The molecule has 6 aromatic carbocycles. The Morgan fingerprint density at radius 2 is 0.732 bits per heavy atom. The summed E-state index contributed by atoms with van der Waals surface area (Å²) in [6.45, 7) is 7.99. The summed E-state index contributed by atoms with van der Waals surface area (Å²) in [7, 11) is 2.82. The number of carbonyl (C=O) groups is 8. The van der Waals surface area contributed by atoms with Gasteiger partial charge in [-0.2, -0.15) is 0 Å². The summed E-state index contributed by atoms with van der Waals surface area (Å²) in [5.41, 5.74) is 10.8. The van der Waals surface area contributed by atoms with E-state index >= 15 is 0 Å². The van der Waals surface area contributed by atoms with E-state index in [1.54, 1.807) is 109 Å². The first-order valence-corrected chi connectivity index (χ1v) is 26.4. The zero-order valence-corrected chi connectivity index (χ0v) is 46.1. The van der Waals surface area contributed by atoms with E-state index in [9.17, 15) is 55.9 Å². The summed E-state index contributed by atoms with van der Waals surface area (Å²) < 4.78 is 54.9. The number of carbonyl (C=O) groups excluding carboxylic acids is 8. The average molecular weight is 1130 g/mol. The minimum absolute atomic E-state index is 0.0374. The minimum atomic E-state index is -2.68. The lowest BCUT2D eigenvalue weighted by Crippen LogP contribution is -2.72. The molecule has 6 amide bonds. The van der Waals surface area contributed by atoms with Gasteiger partial charge in [0.2, 0.25) is 22.9 Å². The molecule has 0 fully saturated rings. The molecule has 6 aromatic rings. The number of ketones is 2. The molecule has 428 valence electrons. The SMILES string of the molecule is CC(C)CN1C(=O)C(N)(C(=O)[C@H](Cc2ccccc2)NC(=O)Cc2cc(F)cc(F)c2)C(=O)N(CC(C)C)c2ccccc21.CN1C(=O)C(N)(C(=O)[C@H](Cc2ccccc2)NC(=O)Cc2cc(F)cc(F)c2)C(=O)N(C)c2ccccc21. The van der Waals surface area contributed by atoms with Crippen LogP contribution in [0.4, 0.5) is 40.3 Å². The van der Waals surface area contributed by atoms with Crippen molar-refractivity contribution in [1.29, 1.82) is 0 Å². The predicted molar refractivity (Wildman–Crippen MR) is 302 cm³/mol. The van der Waals surface area contributed by atoms with Gasteiger partial charge in [0, 0.05) is 39.3 Å². The zero-order valence-electron chi connectivity index (χ0n) is 46.1. The maximum Gasteiger partial charge on any atom is 0.264 e. The van der Waals surface area contributed by atoms with Gasteiger partial charge in [-0.3, -0.25) is 38.4 Å². The third-order valence-corrected chi connectivity index (χ3v) is 13.8. The Bertz CT molecular complexity index is 3270. The second kappa shape index (κ2) is 25.7. The highest BCUT2D eigenvalue weighted by molar-refractivity contribution is 6.38. The van der Waals surface area contributed by atoms with Crippen LogP contribution in [0.5, 0.6) is 0 Å². The molecule has 0 unspecified atom stereocenters. The first-order valence-electron chi connectivity index (χ1n) is 26.4. The quantitative estimate of drug-likeness (QED) is 0.0553. The van der Waals surface area contributed by atoms with Gasteiger partial charge in [0.05, 0.1) is 47.7 Å². The van der Waals surface area contributed by atoms with Gasteiger partial charge in [-0.05, 0) is 95.5 Å². The normalized spacial score (nSPS) is 15.4. The van der Waals surface area contributed by atoms with Crippen LogP contribution in [0.15, 0.2) is 146 Å². The molecule has 2 aliphatic heterocycles. The number of hydrogen-bond acceptors (Lipinski definition) is 10. The number of amides is 6. The number of fused-ring (bicyclic) bond motifs is 2. The summed E-state index contributed by atoms with van der Waals surface area (Å²) in [6, 6.07) is 33.5. The topological polar surface area (TPSA) is 226 Å². The molecular formula is C62H64F4N8O8. The van der Waals surface area contributed by atoms with Gasteiger partial charge in [0.15, 0.2) is 11.6 Å². The van der Waals surface area contributed by atoms with Crippen LogP contribution in [0, 0.1) is 35.1 Å². The number of nitrogens with one attached hydrogen (secondary N) is 2. The van der Waals surface area contributed by atoms with E-state index in [0.29, 0.717) is 46.0 Å². The van der Waals surface area contributed by atoms with Crippen molar-refractivity contribution in [3.63, 3.8) is 0 Å². The number of nitrogens with two attached hydrogens (primary N) is 2. The fourth-order valence-corrected chi connectivity index (χ4v) is 10.00. The van der Waals surface area contributed by atoms with Gasteiger partial charge < -0.3 is 41.7 Å². The molecule has 82 heavy (non-hydrogen) atoms. The molecule has 2 atom stereocenters. The smallest absolute Gasteiger partial charge is 0.264 e. The van der Waals surface area contributed by atoms with Crippen molar-refractivity contribution < 1.29 is 55.9 Å². The zero-order chi connectivity index (χ0) is 59.8. The summed E-state index contributed by atoms with van der Waals surface area (Å²) in [6.07, 6.45) is -1.05. The second-order valence-corrected chi connectivity index (χ2v) is 21.2. The number of para-hydroxylation sites is 4. The summed E-state index contributed by atoms with van der Waals surface area (Å²) >= 11 is 0. The van der Waals surface area contributed by atoms with Crippen molar-refractivity contribution in [1.82, 2.24) is 10.6 Å². The number of anilines is 4. The van der Waals surface area contributed by atoms with Gasteiger partial charge in [-0.25, -0.2) is 17.6 Å². The van der Waals surface area contributed by atoms with Crippen molar-refractivity contribution in [2.24, 2.45) is 23.3 Å². The molecule has 8 rings (SSSR count). The Morgan fingerprint density at radius 3 is 1.05 bits per heavy atom. The van der Waals surface area contributed by atoms with Crippen molar-refractivity contribution in [2.45, 2.75) is 76.5 Å². The Balaban J connectivity index is 0.000000239. The maximum atomic E-state index is 14.6. The number of hydrogen-bond donors (Lipinski definition) is 4. The third kappa shape index (κ3) is 13.5. The van der Waals surface area contributed by atoms with Crippen LogP contribution >= 0.6 is 0 Å². The highest BCUT2D eigenvalue weighted by Crippen LogP contribution is 2.38. The van der Waals surface area contributed by atoms with E-state index in [1.165, 1.54) is 23.9 Å². The van der Waals surface area contributed by atoms with E-state index in [-0.39, 0.29) is 48.9 Å². The summed E-state index contributed by atoms with van der Waals surface area (Å²) in [5.74, 6) is -10.6. The number of Topliss-reactive ketones (excluding diaryl/α,β-unsaturated/α-hetero) is 2. The lowest BCUT2D eigenvalue weighted by Gasteiger charge is -2.34. The Kier molecular flexibility index (Phi) is 19.0. The van der Waals surface area contributed by atoms with E-state index < -0.39 is 106 Å². The molecule has 0 bridgehead atoms. The van der Waals surface area contributed by atoms with Crippen LogP contribution < -0.4 is 41.7 Å². The Morgan fingerprint density at radius 1 is 0.439 bits per heavy atom. The highest BCUT2D eigenvalue weighted by Gasteiger charge is 2.59. The fourth-order valence-electron chi connectivity index (χ4n) is 10.00. The second-order valence-electron chi connectivity index (χ2n) is 21.2. The third-order valence-electron chi connectivity index (χ3n) is 13.8. The fraction of sp³-hybridized carbons (Fsp3) is 0.290. The molecule has 0 radical (unpaired) electrons. The highest BCUT2D eigenvalue weighted by atomic mass is 19.1. The van der Waals surface area contributed by atoms with Gasteiger partial charge >= 0.3 is 0 Å². The first kappa shape index (κ1) is 60.8. The standard InChI is InChI=1S/C34H38F2N4O4.C28H26F2N4O4/c1-21(2)19-39-28-12-8-9-13-29(28)40(20-22(3)4)33(44)34(37,32(39)43)31(42)27(16-23-10-6-5-7-11-23)38-30(41)17-24-14-25(35)18-26(36)15-24;1-33-22-10-6-7-11-23(22)34(2)27(38)28(31,26(33)37)25(36)21(14-17-8-4-3-5-9-17)32-24(35)15-18-12-19(29)16-20(30)13-18/h5-15,18,21-22,27H,16-17,19-20,37H2,1-4H3,(H,38,41);3-13,16,21H,14-15,31H2,1-2H3,(H,32,35)/t27-;21-/m00/s1. The lowest BCUT2D eigenvalue weighted by atomic mass is 9.84. The molecule has 20 heteroatoms. The lowest BCUT2D eigenvalue weighted by molar-refractivity contribution is -0.145. The van der Waals surface area contributed by atoms with E-state index in [2.05, 4.69) is 10.6 Å². The van der Waals surface area contributed by atoms with Gasteiger partial charge in [0.25, 0.3) is 23.6 Å².